The summed E-state index contributed by atoms with van der Waals surface area (Å²) in [6.45, 7) is 0.251. The van der Waals surface area contributed by atoms with Crippen LogP contribution in [0.4, 0.5) is 14.6 Å². The van der Waals surface area contributed by atoms with Crippen molar-refractivity contribution in [3.05, 3.63) is 46.9 Å². The number of ether oxygens (including phenoxy) is 1. The molecule has 0 fully saturated rings. The Morgan fingerprint density at radius 3 is 2.74 bits per heavy atom. The summed E-state index contributed by atoms with van der Waals surface area (Å²) in [7, 11) is 1.44. The van der Waals surface area contributed by atoms with Gasteiger partial charge in [0.2, 0.25) is 0 Å². The van der Waals surface area contributed by atoms with E-state index in [1.807, 2.05) is 0 Å². The third-order valence-corrected chi connectivity index (χ3v) is 2.68. The van der Waals surface area contributed by atoms with Crippen LogP contribution < -0.4 is 10.1 Å². The maximum Gasteiger partial charge on any atom is 0.198 e. The fraction of sp³-hybridized carbons (Fsp3) is 0.167. The molecule has 0 bridgehead atoms. The van der Waals surface area contributed by atoms with Gasteiger partial charge in [0.1, 0.15) is 6.33 Å². The minimum absolute atomic E-state index is 0.172. The van der Waals surface area contributed by atoms with Crippen molar-refractivity contribution in [3.8, 4) is 5.75 Å². The molecule has 2 aromatic rings. The van der Waals surface area contributed by atoms with Crippen molar-refractivity contribution >= 4 is 17.4 Å². The lowest BCUT2D eigenvalue weighted by atomic mass is 10.2. The number of nitrogens with zero attached hydrogens (tertiary/aromatic N) is 2. The molecule has 0 amide bonds. The van der Waals surface area contributed by atoms with Crippen molar-refractivity contribution in [2.24, 2.45) is 0 Å². The van der Waals surface area contributed by atoms with E-state index in [9.17, 15) is 8.78 Å². The molecule has 1 N–H and O–H groups in total. The minimum atomic E-state index is -0.896. The molecule has 1 aromatic carbocycles. The topological polar surface area (TPSA) is 47.0 Å². The van der Waals surface area contributed by atoms with Gasteiger partial charge in [-0.1, -0.05) is 17.7 Å². The molecule has 1 aromatic heterocycles. The van der Waals surface area contributed by atoms with Crippen molar-refractivity contribution < 1.29 is 13.5 Å². The molecule has 0 spiro atoms. The Balaban J connectivity index is 2.14. The highest BCUT2D eigenvalue weighted by Crippen LogP contribution is 2.28. The first-order valence-corrected chi connectivity index (χ1v) is 5.72. The molecule has 100 valence electrons. The van der Waals surface area contributed by atoms with E-state index < -0.39 is 11.6 Å². The highest BCUT2D eigenvalue weighted by atomic mass is 35.5. The number of nitrogens with one attached hydrogen (secondary N) is 1. The molecule has 0 radical (unpaired) electrons. The molecule has 4 nitrogen and oxygen atoms in total. The van der Waals surface area contributed by atoms with Gasteiger partial charge in [-0.05, 0) is 17.7 Å². The van der Waals surface area contributed by atoms with Gasteiger partial charge in [-0.25, -0.2) is 18.7 Å². The van der Waals surface area contributed by atoms with Gasteiger partial charge in [0.05, 0.1) is 7.11 Å². The summed E-state index contributed by atoms with van der Waals surface area (Å²) in [5.41, 5.74) is 0.565. The predicted molar refractivity (Wildman–Crippen MR) is 67.3 cm³/mol. The van der Waals surface area contributed by atoms with Gasteiger partial charge in [-0.15, -0.1) is 0 Å². The molecule has 0 aliphatic heterocycles. The Morgan fingerprint density at radius 1 is 1.26 bits per heavy atom. The average molecular weight is 286 g/mol. The van der Waals surface area contributed by atoms with Crippen LogP contribution in [0.5, 0.6) is 5.75 Å². The molecule has 0 atom stereocenters. The van der Waals surface area contributed by atoms with Gasteiger partial charge < -0.3 is 10.1 Å². The molecule has 19 heavy (non-hydrogen) atoms. The fourth-order valence-corrected chi connectivity index (χ4v) is 1.70. The van der Waals surface area contributed by atoms with E-state index in [1.54, 1.807) is 0 Å². The summed E-state index contributed by atoms with van der Waals surface area (Å²) in [5.74, 6) is -1.10. The largest absolute Gasteiger partial charge is 0.490 e. The van der Waals surface area contributed by atoms with E-state index in [0.717, 1.165) is 12.1 Å². The monoisotopic (exact) mass is 285 g/mol. The zero-order chi connectivity index (χ0) is 13.8. The van der Waals surface area contributed by atoms with E-state index in [-0.39, 0.29) is 11.7 Å². The zero-order valence-corrected chi connectivity index (χ0v) is 10.7. The second-order valence-electron chi connectivity index (χ2n) is 3.65. The quantitative estimate of drug-likeness (QED) is 0.877. The summed E-state index contributed by atoms with van der Waals surface area (Å²) in [4.78, 5) is 7.74. The molecule has 2 rings (SSSR count). The van der Waals surface area contributed by atoms with Crippen molar-refractivity contribution in [3.63, 3.8) is 0 Å². The first-order chi connectivity index (χ1) is 9.11. The van der Waals surface area contributed by atoms with Crippen LogP contribution in [0.3, 0.4) is 0 Å². The first kappa shape index (κ1) is 13.5. The third-order valence-electron chi connectivity index (χ3n) is 2.41. The Morgan fingerprint density at radius 2 is 2.05 bits per heavy atom. The van der Waals surface area contributed by atoms with Gasteiger partial charge in [-0.2, -0.15) is 0 Å². The van der Waals surface area contributed by atoms with Crippen molar-refractivity contribution in [2.75, 3.05) is 12.4 Å². The molecule has 0 aliphatic carbocycles. The summed E-state index contributed by atoms with van der Waals surface area (Å²) in [6, 6.07) is 3.65. The maximum atomic E-state index is 13.0. The number of anilines is 1. The third kappa shape index (κ3) is 3.08. The Labute approximate surface area is 113 Å². The number of methoxy groups -OCH3 is 1. The molecular formula is C12H10ClF2N3O. The number of rotatable bonds is 4. The van der Waals surface area contributed by atoms with Crippen molar-refractivity contribution in [1.82, 2.24) is 9.97 Å². The van der Waals surface area contributed by atoms with Crippen LogP contribution in [0.15, 0.2) is 24.5 Å². The summed E-state index contributed by atoms with van der Waals surface area (Å²) >= 11 is 5.83. The number of benzene rings is 1. The first-order valence-electron chi connectivity index (χ1n) is 5.34. The summed E-state index contributed by atoms with van der Waals surface area (Å²) in [6.07, 6.45) is 1.28. The SMILES string of the molecule is COc1c(Cl)ncnc1NCc1ccc(F)c(F)c1. The lowest BCUT2D eigenvalue weighted by Gasteiger charge is -2.10. The molecule has 0 aliphatic rings. The second kappa shape index (κ2) is 5.79. The molecule has 0 saturated heterocycles. The van der Waals surface area contributed by atoms with Crippen LogP contribution in [0, 0.1) is 11.6 Å². The van der Waals surface area contributed by atoms with Crippen LogP contribution in [0.1, 0.15) is 5.56 Å². The summed E-state index contributed by atoms with van der Waals surface area (Å²) < 4.78 is 30.9. The number of hydrogen-bond donors (Lipinski definition) is 1. The zero-order valence-electron chi connectivity index (χ0n) is 9.95. The van der Waals surface area contributed by atoms with Gasteiger partial charge in [0.25, 0.3) is 0 Å². The van der Waals surface area contributed by atoms with E-state index in [4.69, 9.17) is 16.3 Å². The fourth-order valence-electron chi connectivity index (χ4n) is 1.49. The van der Waals surface area contributed by atoms with E-state index in [2.05, 4.69) is 15.3 Å². The van der Waals surface area contributed by atoms with Crippen molar-refractivity contribution in [1.29, 1.82) is 0 Å². The number of aromatic nitrogens is 2. The van der Waals surface area contributed by atoms with E-state index in [1.165, 1.54) is 19.5 Å². The van der Waals surface area contributed by atoms with Crippen LogP contribution in [-0.2, 0) is 6.54 Å². The minimum Gasteiger partial charge on any atom is -0.490 e. The molecule has 0 saturated carbocycles. The van der Waals surface area contributed by atoms with Gasteiger partial charge in [-0.3, -0.25) is 0 Å². The Kier molecular flexibility index (Phi) is 4.11. The van der Waals surface area contributed by atoms with Crippen molar-refractivity contribution in [2.45, 2.75) is 6.54 Å². The molecule has 0 unspecified atom stereocenters. The molecule has 1 heterocycles. The van der Waals surface area contributed by atoms with Gasteiger partial charge in [0, 0.05) is 6.54 Å². The van der Waals surface area contributed by atoms with Gasteiger partial charge in [0.15, 0.2) is 28.4 Å². The number of hydrogen-bond acceptors (Lipinski definition) is 4. The van der Waals surface area contributed by atoms with Crippen LogP contribution in [-0.4, -0.2) is 17.1 Å². The lowest BCUT2D eigenvalue weighted by Crippen LogP contribution is -2.05. The lowest BCUT2D eigenvalue weighted by molar-refractivity contribution is 0.413. The Hall–Kier alpha value is -1.95. The molecule has 7 heteroatoms. The van der Waals surface area contributed by atoms with Gasteiger partial charge >= 0.3 is 0 Å². The van der Waals surface area contributed by atoms with E-state index >= 15 is 0 Å². The second-order valence-corrected chi connectivity index (χ2v) is 4.01. The summed E-state index contributed by atoms with van der Waals surface area (Å²) in [5, 5.41) is 3.09. The van der Waals surface area contributed by atoms with Crippen LogP contribution in [0.2, 0.25) is 5.15 Å². The normalized spacial score (nSPS) is 10.3. The van der Waals surface area contributed by atoms with E-state index in [0.29, 0.717) is 17.1 Å². The predicted octanol–water partition coefficient (Wildman–Crippen LogP) is 3.03. The highest BCUT2D eigenvalue weighted by Gasteiger charge is 2.10. The van der Waals surface area contributed by atoms with Crippen LogP contribution >= 0.6 is 11.6 Å². The Bertz CT molecular complexity index is 595. The van der Waals surface area contributed by atoms with Crippen LogP contribution in [0.25, 0.3) is 0 Å². The standard InChI is InChI=1S/C12H10ClF2N3O/c1-19-10-11(13)17-6-18-12(10)16-5-7-2-3-8(14)9(15)4-7/h2-4,6H,5H2,1H3,(H,16,17,18). The molecular weight excluding hydrogens is 276 g/mol. The number of halogens is 3. The highest BCUT2D eigenvalue weighted by molar-refractivity contribution is 6.31. The maximum absolute atomic E-state index is 13.0. The average Bonchev–Trinajstić information content (AvgIpc) is 2.40. The smallest absolute Gasteiger partial charge is 0.198 e.